The van der Waals surface area contributed by atoms with Gasteiger partial charge in [0, 0.05) is 29.7 Å². The monoisotopic (exact) mass is 278 g/mol. The zero-order valence-electron chi connectivity index (χ0n) is 10.6. The highest BCUT2D eigenvalue weighted by Gasteiger charge is 2.07. The van der Waals surface area contributed by atoms with Crippen LogP contribution in [-0.4, -0.2) is 28.4 Å². The van der Waals surface area contributed by atoms with Crippen molar-refractivity contribution in [3.63, 3.8) is 0 Å². The highest BCUT2D eigenvalue weighted by Crippen LogP contribution is 2.20. The Hall–Kier alpha value is -1.88. The minimum Gasteiger partial charge on any atom is -0.337 e. The number of anilines is 1. The zero-order valence-corrected chi connectivity index (χ0v) is 11.4. The molecule has 0 aromatic carbocycles. The van der Waals surface area contributed by atoms with E-state index < -0.39 is 0 Å². The van der Waals surface area contributed by atoms with Crippen LogP contribution in [0, 0.1) is 0 Å². The second-order valence-electron chi connectivity index (χ2n) is 3.96. The van der Waals surface area contributed by atoms with E-state index in [0.717, 1.165) is 17.5 Å². The van der Waals surface area contributed by atoms with Gasteiger partial charge in [-0.15, -0.1) is 11.6 Å². The number of carbonyl (C=O) groups is 1. The van der Waals surface area contributed by atoms with Crippen molar-refractivity contribution in [3.05, 3.63) is 30.1 Å². The molecule has 19 heavy (non-hydrogen) atoms. The van der Waals surface area contributed by atoms with E-state index in [-0.39, 0.29) is 6.03 Å². The summed E-state index contributed by atoms with van der Waals surface area (Å²) in [7, 11) is 0. The maximum absolute atomic E-state index is 11.6. The van der Waals surface area contributed by atoms with Crippen LogP contribution in [0.25, 0.3) is 11.0 Å². The summed E-state index contributed by atoms with van der Waals surface area (Å²) >= 11 is 5.51. The van der Waals surface area contributed by atoms with Gasteiger partial charge < -0.3 is 10.6 Å². The summed E-state index contributed by atoms with van der Waals surface area (Å²) in [4.78, 5) is 20.3. The van der Waals surface area contributed by atoms with Gasteiger partial charge >= 0.3 is 6.03 Å². The van der Waals surface area contributed by atoms with Gasteiger partial charge in [0.25, 0.3) is 0 Å². The number of hydrogen-bond donors (Lipinski definition) is 2. The first-order chi connectivity index (χ1) is 9.24. The highest BCUT2D eigenvalue weighted by atomic mass is 35.5. The predicted octanol–water partition coefficient (Wildman–Crippen LogP) is 2.55. The molecule has 0 radical (unpaired) electrons. The fourth-order valence-corrected chi connectivity index (χ4v) is 1.80. The van der Waals surface area contributed by atoms with Crippen LogP contribution < -0.4 is 10.6 Å². The molecule has 0 fully saturated rings. The number of nitrogens with zero attached hydrogens (tertiary/aromatic N) is 2. The molecule has 2 aromatic heterocycles. The van der Waals surface area contributed by atoms with E-state index in [2.05, 4.69) is 20.6 Å². The Morgan fingerprint density at radius 2 is 2.21 bits per heavy atom. The van der Waals surface area contributed by atoms with Gasteiger partial charge in [-0.25, -0.2) is 14.8 Å². The summed E-state index contributed by atoms with van der Waals surface area (Å²) < 4.78 is 0. The SMILES string of the molecule is CCc1ccc2c(NC(=O)NCCCl)ccnc2n1. The van der Waals surface area contributed by atoms with Gasteiger partial charge in [-0.3, -0.25) is 0 Å². The van der Waals surface area contributed by atoms with Crippen LogP contribution >= 0.6 is 11.6 Å². The van der Waals surface area contributed by atoms with Gasteiger partial charge in [0.1, 0.15) is 0 Å². The van der Waals surface area contributed by atoms with E-state index in [9.17, 15) is 4.79 Å². The Morgan fingerprint density at radius 1 is 1.37 bits per heavy atom. The lowest BCUT2D eigenvalue weighted by atomic mass is 10.2. The zero-order chi connectivity index (χ0) is 13.7. The maximum Gasteiger partial charge on any atom is 0.319 e. The first kappa shape index (κ1) is 13.5. The summed E-state index contributed by atoms with van der Waals surface area (Å²) in [5.41, 5.74) is 2.30. The summed E-state index contributed by atoms with van der Waals surface area (Å²) in [6, 6.07) is 5.32. The lowest BCUT2D eigenvalue weighted by Gasteiger charge is -2.09. The van der Waals surface area contributed by atoms with Crippen LogP contribution in [0.3, 0.4) is 0 Å². The molecule has 0 unspecified atom stereocenters. The second kappa shape index (κ2) is 6.33. The lowest BCUT2D eigenvalue weighted by molar-refractivity contribution is 0.252. The van der Waals surface area contributed by atoms with Crippen molar-refractivity contribution in [2.75, 3.05) is 17.7 Å². The van der Waals surface area contributed by atoms with Crippen molar-refractivity contribution in [3.8, 4) is 0 Å². The molecule has 0 saturated carbocycles. The summed E-state index contributed by atoms with van der Waals surface area (Å²) in [5.74, 6) is 0.381. The van der Waals surface area contributed by atoms with Crippen LogP contribution in [0.2, 0.25) is 0 Å². The first-order valence-electron chi connectivity index (χ1n) is 6.10. The Morgan fingerprint density at radius 3 is 2.95 bits per heavy atom. The lowest BCUT2D eigenvalue weighted by Crippen LogP contribution is -2.30. The van der Waals surface area contributed by atoms with E-state index in [1.54, 1.807) is 12.3 Å². The van der Waals surface area contributed by atoms with Gasteiger partial charge in [-0.2, -0.15) is 0 Å². The minimum absolute atomic E-state index is 0.285. The summed E-state index contributed by atoms with van der Waals surface area (Å²) in [6.07, 6.45) is 2.48. The molecule has 0 atom stereocenters. The fourth-order valence-electron chi connectivity index (χ4n) is 1.70. The molecule has 0 aliphatic carbocycles. The van der Waals surface area contributed by atoms with Gasteiger partial charge in [-0.1, -0.05) is 6.92 Å². The molecule has 6 heteroatoms. The van der Waals surface area contributed by atoms with Gasteiger partial charge in [-0.05, 0) is 24.6 Å². The molecule has 0 spiro atoms. The topological polar surface area (TPSA) is 66.9 Å². The molecule has 2 rings (SSSR count). The number of urea groups is 1. The number of amides is 2. The fraction of sp³-hybridized carbons (Fsp3) is 0.308. The Kier molecular flexibility index (Phi) is 4.52. The number of hydrogen-bond acceptors (Lipinski definition) is 3. The third kappa shape index (κ3) is 3.32. The van der Waals surface area contributed by atoms with Gasteiger partial charge in [0.05, 0.1) is 5.69 Å². The van der Waals surface area contributed by atoms with Crippen LogP contribution in [0.15, 0.2) is 24.4 Å². The van der Waals surface area contributed by atoms with E-state index in [1.807, 2.05) is 19.1 Å². The van der Waals surface area contributed by atoms with E-state index in [0.29, 0.717) is 23.8 Å². The Balaban J connectivity index is 2.26. The number of aryl methyl sites for hydroxylation is 1. The number of halogens is 1. The highest BCUT2D eigenvalue weighted by molar-refractivity contribution is 6.18. The normalized spacial score (nSPS) is 10.4. The molecule has 2 amide bonds. The smallest absolute Gasteiger partial charge is 0.319 e. The molecule has 2 N–H and O–H groups in total. The molecule has 5 nitrogen and oxygen atoms in total. The Bertz CT molecular complexity index is 588. The van der Waals surface area contributed by atoms with Gasteiger partial charge in [0.2, 0.25) is 0 Å². The molecule has 0 aliphatic heterocycles. The number of fused-ring (bicyclic) bond motifs is 1. The standard InChI is InChI=1S/C13H15ClN4O/c1-2-9-3-4-10-11(5-7-15-12(10)17-9)18-13(19)16-8-6-14/h3-5,7H,2,6,8H2,1H3,(H2,15,16,17,18,19). The average molecular weight is 279 g/mol. The van der Waals surface area contributed by atoms with Crippen LogP contribution in [0.5, 0.6) is 0 Å². The number of alkyl halides is 1. The molecular formula is C13H15ClN4O. The van der Waals surface area contributed by atoms with Crippen molar-refractivity contribution >= 4 is 34.4 Å². The maximum atomic E-state index is 11.6. The first-order valence-corrected chi connectivity index (χ1v) is 6.63. The molecule has 100 valence electrons. The van der Waals surface area contributed by atoms with Crippen molar-refractivity contribution in [1.82, 2.24) is 15.3 Å². The van der Waals surface area contributed by atoms with Crippen molar-refractivity contribution in [2.45, 2.75) is 13.3 Å². The van der Waals surface area contributed by atoms with Gasteiger partial charge in [0.15, 0.2) is 5.65 Å². The number of carbonyl (C=O) groups excluding carboxylic acids is 1. The quantitative estimate of drug-likeness (QED) is 0.845. The van der Waals surface area contributed by atoms with Crippen molar-refractivity contribution in [1.29, 1.82) is 0 Å². The number of rotatable bonds is 4. The minimum atomic E-state index is -0.285. The predicted molar refractivity (Wildman–Crippen MR) is 76.7 cm³/mol. The molecule has 0 saturated heterocycles. The molecule has 2 heterocycles. The molecular weight excluding hydrogens is 264 g/mol. The van der Waals surface area contributed by atoms with Crippen molar-refractivity contribution < 1.29 is 4.79 Å². The molecule has 0 bridgehead atoms. The summed E-state index contributed by atoms with van der Waals surface area (Å²) in [5, 5.41) is 6.23. The largest absolute Gasteiger partial charge is 0.337 e. The number of aromatic nitrogens is 2. The molecule has 0 aliphatic rings. The third-order valence-electron chi connectivity index (χ3n) is 2.65. The van der Waals surface area contributed by atoms with E-state index in [4.69, 9.17) is 11.6 Å². The van der Waals surface area contributed by atoms with E-state index in [1.165, 1.54) is 0 Å². The molecule has 2 aromatic rings. The van der Waals surface area contributed by atoms with Crippen molar-refractivity contribution in [2.24, 2.45) is 0 Å². The summed E-state index contributed by atoms with van der Waals surface area (Å²) in [6.45, 7) is 2.46. The van der Waals surface area contributed by atoms with Crippen LogP contribution in [0.4, 0.5) is 10.5 Å². The number of pyridine rings is 2. The Labute approximate surface area is 116 Å². The average Bonchev–Trinajstić information content (AvgIpc) is 2.44. The third-order valence-corrected chi connectivity index (χ3v) is 2.84. The van der Waals surface area contributed by atoms with Crippen LogP contribution in [0.1, 0.15) is 12.6 Å². The number of nitrogens with one attached hydrogen (secondary N) is 2. The van der Waals surface area contributed by atoms with Crippen LogP contribution in [-0.2, 0) is 6.42 Å². The van der Waals surface area contributed by atoms with E-state index >= 15 is 0 Å². The second-order valence-corrected chi connectivity index (χ2v) is 4.33.